The third kappa shape index (κ3) is 4.26. The van der Waals surface area contributed by atoms with Crippen molar-refractivity contribution >= 4 is 40.7 Å². The van der Waals surface area contributed by atoms with E-state index in [1.165, 1.54) is 11.1 Å². The van der Waals surface area contributed by atoms with Gasteiger partial charge in [-0.05, 0) is 75.2 Å². The Hall–Kier alpha value is -1.68. The topological polar surface area (TPSA) is 22.0 Å². The van der Waals surface area contributed by atoms with E-state index in [-0.39, 0.29) is 5.78 Å². The van der Waals surface area contributed by atoms with E-state index in [1.807, 2.05) is 36.6 Å². The number of benzene rings is 2. The van der Waals surface area contributed by atoms with Crippen LogP contribution in [-0.4, -0.2) is 16.1 Å². The molecule has 0 unspecified atom stereocenters. The molecule has 0 aliphatic heterocycles. The zero-order chi connectivity index (χ0) is 19.7. The molecule has 0 aliphatic rings. The number of ketones is 1. The Kier molecular flexibility index (Phi) is 6.05. The van der Waals surface area contributed by atoms with Gasteiger partial charge in [0.15, 0.2) is 5.78 Å². The minimum Gasteiger partial charge on any atom is -0.318 e. The molecule has 1 aromatic heterocycles. The molecule has 0 fully saturated rings. The lowest BCUT2D eigenvalue weighted by atomic mass is 10.1. The molecule has 3 rings (SSSR count). The van der Waals surface area contributed by atoms with Gasteiger partial charge in [0, 0.05) is 27.5 Å². The van der Waals surface area contributed by atoms with Crippen LogP contribution in [0.25, 0.3) is 5.69 Å². The molecule has 1 heterocycles. The third-order valence-electron chi connectivity index (χ3n) is 4.74. The number of hydrogen-bond acceptors (Lipinski definition) is 2. The Morgan fingerprint density at radius 1 is 0.926 bits per heavy atom. The smallest absolute Gasteiger partial charge is 0.174 e. The van der Waals surface area contributed by atoms with Gasteiger partial charge in [-0.3, -0.25) is 4.79 Å². The first-order chi connectivity index (χ1) is 12.8. The highest BCUT2D eigenvalue weighted by Gasteiger charge is 2.17. The van der Waals surface area contributed by atoms with E-state index >= 15 is 0 Å². The van der Waals surface area contributed by atoms with E-state index < -0.39 is 0 Å². The zero-order valence-corrected chi connectivity index (χ0v) is 18.1. The van der Waals surface area contributed by atoms with Crippen LogP contribution in [0.3, 0.4) is 0 Å². The summed E-state index contributed by atoms with van der Waals surface area (Å²) in [5.41, 5.74) is 6.05. The molecule has 2 aromatic carbocycles. The molecule has 0 atom stereocenters. The number of nitrogens with zero attached hydrogens (tertiary/aromatic N) is 1. The second-order valence-electron chi connectivity index (χ2n) is 6.68. The van der Waals surface area contributed by atoms with Crippen LogP contribution in [0.1, 0.15) is 32.9 Å². The molecular weight excluding hydrogens is 397 g/mol. The maximum absolute atomic E-state index is 12.8. The largest absolute Gasteiger partial charge is 0.318 e. The van der Waals surface area contributed by atoms with Crippen LogP contribution in [0.5, 0.6) is 0 Å². The molecule has 0 saturated carbocycles. The normalized spacial score (nSPS) is 11.0. The molecule has 0 aliphatic carbocycles. The van der Waals surface area contributed by atoms with E-state index in [0.717, 1.165) is 27.5 Å². The molecule has 27 heavy (non-hydrogen) atoms. The molecule has 0 spiro atoms. The Labute approximate surface area is 174 Å². The Morgan fingerprint density at radius 2 is 1.67 bits per heavy atom. The highest BCUT2D eigenvalue weighted by molar-refractivity contribution is 8.00. The van der Waals surface area contributed by atoms with Gasteiger partial charge < -0.3 is 4.57 Å². The van der Waals surface area contributed by atoms with E-state index in [0.29, 0.717) is 15.8 Å². The third-order valence-corrected chi connectivity index (χ3v) is 6.47. The molecular formula is C22H21Cl2NOS. The summed E-state index contributed by atoms with van der Waals surface area (Å²) in [6.07, 6.45) is 0. The van der Waals surface area contributed by atoms with Crippen molar-refractivity contribution in [2.45, 2.75) is 32.6 Å². The Morgan fingerprint density at radius 3 is 2.33 bits per heavy atom. The number of rotatable bonds is 5. The number of carbonyl (C=O) groups excluding carboxylic acids is 1. The average Bonchev–Trinajstić information content (AvgIpc) is 2.93. The molecule has 3 aromatic rings. The van der Waals surface area contributed by atoms with Crippen molar-refractivity contribution in [1.82, 2.24) is 4.57 Å². The van der Waals surface area contributed by atoms with E-state index in [9.17, 15) is 4.79 Å². The summed E-state index contributed by atoms with van der Waals surface area (Å²) < 4.78 is 2.04. The van der Waals surface area contributed by atoms with Crippen LogP contribution in [0, 0.1) is 27.7 Å². The van der Waals surface area contributed by atoms with Crippen LogP contribution in [0.4, 0.5) is 0 Å². The lowest BCUT2D eigenvalue weighted by molar-refractivity contribution is 0.102. The van der Waals surface area contributed by atoms with Gasteiger partial charge in [-0.15, -0.1) is 11.8 Å². The predicted molar refractivity (Wildman–Crippen MR) is 116 cm³/mol. The lowest BCUT2D eigenvalue weighted by Crippen LogP contribution is -2.05. The molecule has 140 valence electrons. The summed E-state index contributed by atoms with van der Waals surface area (Å²) in [5, 5.41) is 1.02. The number of aryl methyl sites for hydroxylation is 3. The van der Waals surface area contributed by atoms with Crippen LogP contribution in [0.15, 0.2) is 47.4 Å². The first-order valence-corrected chi connectivity index (χ1v) is 10.4. The van der Waals surface area contributed by atoms with Crippen LogP contribution < -0.4 is 0 Å². The molecule has 0 saturated heterocycles. The van der Waals surface area contributed by atoms with Crippen molar-refractivity contribution in [3.8, 4) is 5.69 Å². The fourth-order valence-electron chi connectivity index (χ4n) is 3.10. The van der Waals surface area contributed by atoms with Gasteiger partial charge >= 0.3 is 0 Å². The van der Waals surface area contributed by atoms with Crippen molar-refractivity contribution < 1.29 is 4.79 Å². The van der Waals surface area contributed by atoms with Crippen LogP contribution >= 0.6 is 35.0 Å². The van der Waals surface area contributed by atoms with E-state index in [2.05, 4.69) is 32.0 Å². The van der Waals surface area contributed by atoms with Crippen molar-refractivity contribution in [2.24, 2.45) is 0 Å². The minimum atomic E-state index is 0.123. The van der Waals surface area contributed by atoms with Gasteiger partial charge in [0.05, 0.1) is 15.8 Å². The minimum absolute atomic E-state index is 0.123. The van der Waals surface area contributed by atoms with E-state index in [1.54, 1.807) is 17.8 Å². The summed E-state index contributed by atoms with van der Waals surface area (Å²) in [4.78, 5) is 13.9. The second-order valence-corrected chi connectivity index (χ2v) is 8.54. The van der Waals surface area contributed by atoms with Gasteiger partial charge in [-0.2, -0.15) is 0 Å². The summed E-state index contributed by atoms with van der Waals surface area (Å²) in [6.45, 7) is 8.13. The van der Waals surface area contributed by atoms with Crippen LogP contribution in [0.2, 0.25) is 10.0 Å². The van der Waals surface area contributed by atoms with Crippen molar-refractivity contribution in [3.05, 3.63) is 80.6 Å². The number of hydrogen-bond donors (Lipinski definition) is 0. The fraction of sp³-hybridized carbons (Fsp3) is 0.227. The Balaban J connectivity index is 1.83. The van der Waals surface area contributed by atoms with Crippen molar-refractivity contribution in [2.75, 3.05) is 5.75 Å². The number of thioether (sulfide) groups is 1. The highest BCUT2D eigenvalue weighted by atomic mass is 35.5. The highest BCUT2D eigenvalue weighted by Crippen LogP contribution is 2.29. The maximum Gasteiger partial charge on any atom is 0.174 e. The zero-order valence-electron chi connectivity index (χ0n) is 15.8. The van der Waals surface area contributed by atoms with Gasteiger partial charge in [0.25, 0.3) is 0 Å². The van der Waals surface area contributed by atoms with Gasteiger partial charge in [-0.1, -0.05) is 29.3 Å². The summed E-state index contributed by atoms with van der Waals surface area (Å²) in [6, 6.07) is 13.7. The summed E-state index contributed by atoms with van der Waals surface area (Å²) in [7, 11) is 0. The molecule has 0 N–H and O–H groups in total. The fourth-order valence-corrected chi connectivity index (χ4v) is 4.27. The van der Waals surface area contributed by atoms with Gasteiger partial charge in [0.1, 0.15) is 0 Å². The number of halogens is 2. The van der Waals surface area contributed by atoms with Crippen molar-refractivity contribution in [3.63, 3.8) is 0 Å². The standard InChI is InChI=1S/C22H21Cl2NOS/c1-13-5-7-18(9-14(13)2)27-12-22(26)19-10-15(3)25(16(19)4)17-6-8-20(23)21(24)11-17/h5-11H,12H2,1-4H3. The second kappa shape index (κ2) is 8.14. The van der Waals surface area contributed by atoms with Crippen molar-refractivity contribution in [1.29, 1.82) is 0 Å². The number of aromatic nitrogens is 1. The quantitative estimate of drug-likeness (QED) is 0.329. The molecule has 0 bridgehead atoms. The Bertz CT molecular complexity index is 1020. The predicted octanol–water partition coefficient (Wildman–Crippen LogP) is 6.99. The molecule has 5 heteroatoms. The summed E-state index contributed by atoms with van der Waals surface area (Å²) >= 11 is 13.8. The lowest BCUT2D eigenvalue weighted by Gasteiger charge is -2.11. The van der Waals surface area contributed by atoms with E-state index in [4.69, 9.17) is 23.2 Å². The van der Waals surface area contributed by atoms with Gasteiger partial charge in [-0.25, -0.2) is 0 Å². The molecule has 0 amide bonds. The number of Topliss-reactive ketones (excluding diaryl/α,β-unsaturated/α-hetero) is 1. The first-order valence-electron chi connectivity index (χ1n) is 8.65. The summed E-state index contributed by atoms with van der Waals surface area (Å²) in [5.74, 6) is 0.534. The molecule has 0 radical (unpaired) electrons. The monoisotopic (exact) mass is 417 g/mol. The number of carbonyl (C=O) groups is 1. The first kappa shape index (κ1) is 20.1. The van der Waals surface area contributed by atoms with Gasteiger partial charge in [0.2, 0.25) is 0 Å². The average molecular weight is 418 g/mol. The maximum atomic E-state index is 12.8. The molecule has 2 nitrogen and oxygen atoms in total. The van der Waals surface area contributed by atoms with Crippen LogP contribution in [-0.2, 0) is 0 Å². The SMILES string of the molecule is Cc1ccc(SCC(=O)c2cc(C)n(-c3ccc(Cl)c(Cl)c3)c2C)cc1C.